The Morgan fingerprint density at radius 3 is 2.41 bits per heavy atom. The van der Waals surface area contributed by atoms with Crippen LogP contribution in [-0.4, -0.2) is 35.7 Å². The van der Waals surface area contributed by atoms with Gasteiger partial charge in [-0.05, 0) is 84.4 Å². The molecule has 4 aromatic rings. The smallest absolute Gasteiger partial charge is 0.404 e. The number of carbonyl (C=O) groups excluding carboxylic acids is 1. The number of benzene rings is 3. The number of fused-ring (bicyclic) bond motifs is 1. The van der Waals surface area contributed by atoms with Crippen molar-refractivity contribution in [3.63, 3.8) is 0 Å². The van der Waals surface area contributed by atoms with Crippen LogP contribution >= 0.6 is 0 Å². The second kappa shape index (κ2) is 12.5. The number of rotatable bonds is 9. The van der Waals surface area contributed by atoms with E-state index in [1.807, 2.05) is 6.92 Å². The van der Waals surface area contributed by atoms with Gasteiger partial charge in [0.2, 0.25) is 5.95 Å². The fourth-order valence-corrected chi connectivity index (χ4v) is 5.19. The number of nitrogens with two attached hydrogens (primary N) is 1. The summed E-state index contributed by atoms with van der Waals surface area (Å²) < 4.78 is 63.0. The molecule has 1 amide bonds. The topological polar surface area (TPSA) is 88.6 Å². The largest absolute Gasteiger partial charge is 0.490 e. The number of carbonyl (C=O) groups is 1. The molecule has 3 aromatic carbocycles. The quantitative estimate of drug-likeness (QED) is 0.174. The first-order valence-electron chi connectivity index (χ1n) is 13.5. The third kappa shape index (κ3) is 6.07. The van der Waals surface area contributed by atoms with Gasteiger partial charge in [-0.15, -0.1) is 5.10 Å². The van der Waals surface area contributed by atoms with Gasteiger partial charge in [-0.25, -0.2) is 18.3 Å². The van der Waals surface area contributed by atoms with Gasteiger partial charge in [-0.2, -0.15) is 4.39 Å². The highest BCUT2D eigenvalue weighted by atomic mass is 19.1. The van der Waals surface area contributed by atoms with Crippen molar-refractivity contribution in [2.24, 2.45) is 5.73 Å². The SMILES string of the molecule is CCC(=C(c1ccc(OCCOC(N)=O)cc1)c1ccc2c(c1)c(F)nn2C1CCCCO1)c1c(F)cccc1F. The molecule has 1 atom stereocenters. The Kier molecular flexibility index (Phi) is 8.58. The number of ether oxygens (including phenoxy) is 3. The predicted molar refractivity (Wildman–Crippen MR) is 149 cm³/mol. The van der Waals surface area contributed by atoms with Gasteiger partial charge in [0.05, 0.1) is 10.9 Å². The number of primary amides is 1. The standard InChI is InChI=1S/C31H30F3N3O4/c1-2-22(29-24(32)6-5-7-25(29)33)28(19-9-12-21(13-10-19)39-16-17-41-31(35)38)20-11-14-26-23(18-20)30(34)36-37(26)27-8-3-4-15-40-27/h5-7,9-14,18,27H,2-4,8,15-17H2,1H3,(H2,35,38). The molecule has 1 aliphatic heterocycles. The van der Waals surface area contributed by atoms with Crippen LogP contribution < -0.4 is 10.5 Å². The zero-order chi connectivity index (χ0) is 28.9. The molecule has 2 N–H and O–H groups in total. The first kappa shape index (κ1) is 28.2. The Morgan fingerprint density at radius 2 is 1.76 bits per heavy atom. The van der Waals surface area contributed by atoms with Gasteiger partial charge in [0.25, 0.3) is 0 Å². The van der Waals surface area contributed by atoms with Crippen LogP contribution in [0.2, 0.25) is 0 Å². The molecule has 0 radical (unpaired) electrons. The number of hydrogen-bond acceptors (Lipinski definition) is 5. The lowest BCUT2D eigenvalue weighted by molar-refractivity contribution is -0.0375. The van der Waals surface area contributed by atoms with Crippen LogP contribution in [-0.2, 0) is 9.47 Å². The predicted octanol–water partition coefficient (Wildman–Crippen LogP) is 7.00. The van der Waals surface area contributed by atoms with Gasteiger partial charge in [0.15, 0.2) is 6.23 Å². The summed E-state index contributed by atoms with van der Waals surface area (Å²) in [6.07, 6.45) is 1.70. The molecule has 2 heterocycles. The van der Waals surface area contributed by atoms with Crippen LogP contribution in [0.4, 0.5) is 18.0 Å². The molecule has 1 saturated heterocycles. The first-order valence-corrected chi connectivity index (χ1v) is 13.5. The fraction of sp³-hybridized carbons (Fsp3) is 0.290. The first-order chi connectivity index (χ1) is 19.9. The van der Waals surface area contributed by atoms with Crippen LogP contribution in [0.25, 0.3) is 22.0 Å². The van der Waals surface area contributed by atoms with E-state index in [1.165, 1.54) is 18.2 Å². The lowest BCUT2D eigenvalue weighted by Gasteiger charge is -2.23. The molecule has 0 saturated carbocycles. The Hall–Kier alpha value is -4.31. The van der Waals surface area contributed by atoms with E-state index in [0.29, 0.717) is 46.6 Å². The van der Waals surface area contributed by atoms with Crippen molar-refractivity contribution < 1.29 is 32.2 Å². The molecule has 1 fully saturated rings. The Balaban J connectivity index is 1.60. The van der Waals surface area contributed by atoms with E-state index < -0.39 is 23.7 Å². The Morgan fingerprint density at radius 1 is 1.02 bits per heavy atom. The van der Waals surface area contributed by atoms with E-state index in [1.54, 1.807) is 47.1 Å². The van der Waals surface area contributed by atoms with Crippen LogP contribution in [0.5, 0.6) is 5.75 Å². The number of aromatic nitrogens is 2. The molecule has 1 aliphatic rings. The average Bonchev–Trinajstić information content (AvgIpc) is 3.31. The lowest BCUT2D eigenvalue weighted by atomic mass is 9.87. The van der Waals surface area contributed by atoms with E-state index in [-0.39, 0.29) is 30.4 Å². The molecule has 41 heavy (non-hydrogen) atoms. The second-order valence-electron chi connectivity index (χ2n) is 9.63. The van der Waals surface area contributed by atoms with Gasteiger partial charge in [-0.3, -0.25) is 0 Å². The third-order valence-corrected chi connectivity index (χ3v) is 7.04. The number of hydrogen-bond donors (Lipinski definition) is 1. The van der Waals surface area contributed by atoms with Crippen molar-refractivity contribution in [1.82, 2.24) is 9.78 Å². The van der Waals surface area contributed by atoms with Crippen LogP contribution in [0.3, 0.4) is 0 Å². The monoisotopic (exact) mass is 565 g/mol. The number of halogens is 3. The molecule has 5 rings (SSSR count). The van der Waals surface area contributed by atoms with Crippen LogP contribution in [0.15, 0.2) is 60.7 Å². The highest BCUT2D eigenvalue weighted by Crippen LogP contribution is 2.39. The summed E-state index contributed by atoms with van der Waals surface area (Å²) in [6.45, 7) is 2.48. The zero-order valence-electron chi connectivity index (χ0n) is 22.5. The maximum atomic E-state index is 15.2. The van der Waals surface area contributed by atoms with Crippen molar-refractivity contribution in [3.05, 3.63) is 94.9 Å². The van der Waals surface area contributed by atoms with Gasteiger partial charge in [0.1, 0.15) is 30.6 Å². The summed E-state index contributed by atoms with van der Waals surface area (Å²) in [6, 6.07) is 15.9. The van der Waals surface area contributed by atoms with Crippen molar-refractivity contribution in [3.8, 4) is 5.75 Å². The van der Waals surface area contributed by atoms with E-state index >= 15 is 13.2 Å². The van der Waals surface area contributed by atoms with Gasteiger partial charge in [0, 0.05) is 12.2 Å². The molecular weight excluding hydrogens is 535 g/mol. The normalized spacial score (nSPS) is 16.0. The average molecular weight is 566 g/mol. The third-order valence-electron chi connectivity index (χ3n) is 7.04. The van der Waals surface area contributed by atoms with Crippen molar-refractivity contribution in [2.75, 3.05) is 19.8 Å². The molecule has 7 nitrogen and oxygen atoms in total. The van der Waals surface area contributed by atoms with Crippen LogP contribution in [0.1, 0.15) is 55.5 Å². The van der Waals surface area contributed by atoms with E-state index in [2.05, 4.69) is 9.84 Å². The van der Waals surface area contributed by atoms with E-state index in [9.17, 15) is 4.79 Å². The minimum absolute atomic E-state index is 0.0139. The summed E-state index contributed by atoms with van der Waals surface area (Å²) in [7, 11) is 0. The molecule has 10 heteroatoms. The molecule has 1 unspecified atom stereocenters. The van der Waals surface area contributed by atoms with Crippen molar-refractivity contribution in [1.29, 1.82) is 0 Å². The van der Waals surface area contributed by atoms with Crippen molar-refractivity contribution >= 4 is 28.1 Å². The number of nitrogens with zero attached hydrogens (tertiary/aromatic N) is 2. The summed E-state index contributed by atoms with van der Waals surface area (Å²) in [5, 5.41) is 4.41. The fourth-order valence-electron chi connectivity index (χ4n) is 5.19. The maximum Gasteiger partial charge on any atom is 0.404 e. The Labute approximate surface area is 235 Å². The molecule has 0 spiro atoms. The highest BCUT2D eigenvalue weighted by Gasteiger charge is 2.24. The summed E-state index contributed by atoms with van der Waals surface area (Å²) in [4.78, 5) is 10.8. The Bertz CT molecular complexity index is 1560. The summed E-state index contributed by atoms with van der Waals surface area (Å²) >= 11 is 0. The number of amides is 1. The minimum atomic E-state index is -0.892. The highest BCUT2D eigenvalue weighted by molar-refractivity contribution is 6.00. The molecule has 214 valence electrons. The van der Waals surface area contributed by atoms with Gasteiger partial charge in [-0.1, -0.05) is 31.2 Å². The summed E-state index contributed by atoms with van der Waals surface area (Å²) in [5.74, 6) is -1.54. The second-order valence-corrected chi connectivity index (χ2v) is 9.63. The van der Waals surface area contributed by atoms with Crippen LogP contribution in [0, 0.1) is 17.6 Å². The molecule has 0 bridgehead atoms. The van der Waals surface area contributed by atoms with Gasteiger partial charge < -0.3 is 19.9 Å². The minimum Gasteiger partial charge on any atom is -0.490 e. The molecular formula is C31H30F3N3O4. The van der Waals surface area contributed by atoms with Gasteiger partial charge >= 0.3 is 6.09 Å². The van der Waals surface area contributed by atoms with E-state index in [4.69, 9.17) is 15.2 Å². The lowest BCUT2D eigenvalue weighted by Crippen LogP contribution is -2.19. The maximum absolute atomic E-state index is 15.2. The summed E-state index contributed by atoms with van der Waals surface area (Å²) in [5.41, 5.74) is 7.59. The van der Waals surface area contributed by atoms with E-state index in [0.717, 1.165) is 19.3 Å². The zero-order valence-corrected chi connectivity index (χ0v) is 22.5. The van der Waals surface area contributed by atoms with Crippen molar-refractivity contribution in [2.45, 2.75) is 38.8 Å². The number of allylic oxidation sites excluding steroid dienone is 1. The molecule has 1 aromatic heterocycles. The molecule has 0 aliphatic carbocycles.